The minimum Gasteiger partial charge on any atom is -0.247 e. The Bertz CT molecular complexity index is 2920. The molecular weight excluding hydrogens is 607 g/mol. The third-order valence-electron chi connectivity index (χ3n) is 9.83. The summed E-state index contributed by atoms with van der Waals surface area (Å²) in [6.07, 6.45) is 0. The lowest BCUT2D eigenvalue weighted by Gasteiger charge is -2.14. The van der Waals surface area contributed by atoms with Gasteiger partial charge in [0.25, 0.3) is 0 Å². The van der Waals surface area contributed by atoms with Crippen molar-refractivity contribution in [1.82, 2.24) is 15.0 Å². The van der Waals surface area contributed by atoms with Gasteiger partial charge in [-0.3, -0.25) is 0 Å². The predicted octanol–water partition coefficient (Wildman–Crippen LogP) is 12.3. The summed E-state index contributed by atoms with van der Waals surface area (Å²) >= 11 is 0. The van der Waals surface area contributed by atoms with Crippen LogP contribution in [0.15, 0.2) is 176 Å². The SMILES string of the molecule is c1cc(-c2cccc(-c3nc4ccccc4c4c3ccc3ccccc34)c2)cc(-c2nc(-c3cccc4ccccc34)c3ccccc3n2)c1. The second-order valence-electron chi connectivity index (χ2n) is 12.8. The number of nitrogens with zero attached hydrogens (tertiary/aromatic N) is 3. The highest BCUT2D eigenvalue weighted by atomic mass is 14.9. The van der Waals surface area contributed by atoms with Crippen LogP contribution >= 0.6 is 0 Å². The van der Waals surface area contributed by atoms with Gasteiger partial charge in [0.05, 0.1) is 22.4 Å². The number of benzene rings is 8. The van der Waals surface area contributed by atoms with E-state index in [1.54, 1.807) is 0 Å². The molecule has 0 N–H and O–H groups in total. The molecule has 10 rings (SSSR count). The molecule has 2 heterocycles. The van der Waals surface area contributed by atoms with E-state index >= 15 is 0 Å². The fourth-order valence-corrected chi connectivity index (χ4v) is 7.47. The van der Waals surface area contributed by atoms with Crippen molar-refractivity contribution in [2.45, 2.75) is 0 Å². The molecule has 10 aromatic rings. The van der Waals surface area contributed by atoms with Crippen LogP contribution in [-0.4, -0.2) is 15.0 Å². The molecule has 0 bridgehead atoms. The Balaban J connectivity index is 1.12. The molecular formula is C47H29N3. The molecule has 0 fully saturated rings. The Kier molecular flexibility index (Phi) is 6.49. The van der Waals surface area contributed by atoms with Gasteiger partial charge in [-0.05, 0) is 56.9 Å². The van der Waals surface area contributed by atoms with Crippen LogP contribution in [0.2, 0.25) is 0 Å². The van der Waals surface area contributed by atoms with Crippen LogP contribution in [0.4, 0.5) is 0 Å². The quantitative estimate of drug-likeness (QED) is 0.181. The maximum Gasteiger partial charge on any atom is 0.160 e. The second-order valence-corrected chi connectivity index (χ2v) is 12.8. The van der Waals surface area contributed by atoms with E-state index in [0.717, 1.165) is 61.0 Å². The molecule has 0 unspecified atom stereocenters. The Morgan fingerprint density at radius 1 is 0.300 bits per heavy atom. The number of fused-ring (bicyclic) bond motifs is 7. The highest BCUT2D eigenvalue weighted by Gasteiger charge is 2.16. The first kappa shape index (κ1) is 28.3. The molecule has 0 spiro atoms. The van der Waals surface area contributed by atoms with Crippen molar-refractivity contribution in [3.05, 3.63) is 176 Å². The van der Waals surface area contributed by atoms with E-state index in [0.29, 0.717) is 5.82 Å². The topological polar surface area (TPSA) is 38.7 Å². The van der Waals surface area contributed by atoms with Gasteiger partial charge in [0.2, 0.25) is 0 Å². The molecule has 0 radical (unpaired) electrons. The molecule has 0 saturated carbocycles. The number of hydrogen-bond acceptors (Lipinski definition) is 3. The van der Waals surface area contributed by atoms with Gasteiger partial charge in [0.1, 0.15) is 0 Å². The molecule has 232 valence electrons. The predicted molar refractivity (Wildman–Crippen MR) is 209 cm³/mol. The Morgan fingerprint density at radius 2 is 0.860 bits per heavy atom. The monoisotopic (exact) mass is 635 g/mol. The van der Waals surface area contributed by atoms with E-state index < -0.39 is 0 Å². The third-order valence-corrected chi connectivity index (χ3v) is 9.83. The summed E-state index contributed by atoms with van der Waals surface area (Å²) in [6.45, 7) is 0. The number of aromatic nitrogens is 3. The van der Waals surface area contributed by atoms with E-state index in [2.05, 4.69) is 170 Å². The van der Waals surface area contributed by atoms with Crippen LogP contribution in [0, 0.1) is 0 Å². The van der Waals surface area contributed by atoms with E-state index in [1.807, 2.05) is 6.07 Å². The number of rotatable bonds is 4. The normalized spacial score (nSPS) is 11.6. The molecule has 0 aliphatic rings. The molecule has 3 heteroatoms. The third kappa shape index (κ3) is 4.63. The summed E-state index contributed by atoms with van der Waals surface area (Å²) in [5.74, 6) is 0.707. The summed E-state index contributed by atoms with van der Waals surface area (Å²) in [6, 6.07) is 62.0. The summed E-state index contributed by atoms with van der Waals surface area (Å²) in [5.41, 5.74) is 9.22. The van der Waals surface area contributed by atoms with Crippen LogP contribution in [0.3, 0.4) is 0 Å². The molecule has 0 atom stereocenters. The fraction of sp³-hybridized carbons (Fsp3) is 0. The summed E-state index contributed by atoms with van der Waals surface area (Å²) < 4.78 is 0. The second kappa shape index (κ2) is 11.5. The van der Waals surface area contributed by atoms with Crippen molar-refractivity contribution in [2.75, 3.05) is 0 Å². The van der Waals surface area contributed by atoms with Crippen molar-refractivity contribution in [3.8, 4) is 45.0 Å². The van der Waals surface area contributed by atoms with E-state index in [-0.39, 0.29) is 0 Å². The Labute approximate surface area is 289 Å². The van der Waals surface area contributed by atoms with Crippen molar-refractivity contribution in [2.24, 2.45) is 0 Å². The minimum atomic E-state index is 0.707. The minimum absolute atomic E-state index is 0.707. The fourth-order valence-electron chi connectivity index (χ4n) is 7.47. The summed E-state index contributed by atoms with van der Waals surface area (Å²) in [5, 5.41) is 9.45. The maximum atomic E-state index is 5.26. The highest BCUT2D eigenvalue weighted by molar-refractivity contribution is 6.22. The lowest BCUT2D eigenvalue weighted by Crippen LogP contribution is -1.96. The van der Waals surface area contributed by atoms with E-state index in [9.17, 15) is 0 Å². The van der Waals surface area contributed by atoms with Gasteiger partial charge in [0.15, 0.2) is 5.82 Å². The average molecular weight is 636 g/mol. The van der Waals surface area contributed by atoms with Crippen LogP contribution in [0.1, 0.15) is 0 Å². The zero-order chi connectivity index (χ0) is 33.0. The van der Waals surface area contributed by atoms with Crippen molar-refractivity contribution >= 4 is 54.1 Å². The lowest BCUT2D eigenvalue weighted by atomic mass is 9.94. The molecule has 0 amide bonds. The molecule has 3 nitrogen and oxygen atoms in total. The highest BCUT2D eigenvalue weighted by Crippen LogP contribution is 2.39. The number of para-hydroxylation sites is 2. The van der Waals surface area contributed by atoms with E-state index in [4.69, 9.17) is 15.0 Å². The Hall–Kier alpha value is -6.71. The number of pyridine rings is 1. The number of hydrogen-bond donors (Lipinski definition) is 0. The molecule has 0 saturated heterocycles. The first-order valence-electron chi connectivity index (χ1n) is 16.9. The van der Waals surface area contributed by atoms with Crippen LogP contribution in [-0.2, 0) is 0 Å². The average Bonchev–Trinajstić information content (AvgIpc) is 3.19. The van der Waals surface area contributed by atoms with Gasteiger partial charge in [-0.2, -0.15) is 0 Å². The molecule has 0 aliphatic heterocycles. The first-order valence-corrected chi connectivity index (χ1v) is 16.9. The standard InChI is InChI=1S/C47H29N3/c1-3-19-36-30(12-1)14-11-23-38(36)46-40-22-6-8-25-43(40)49-47(50-46)35-18-10-16-33(29-35)32-15-9-17-34(28-32)45-41-27-26-31-13-2-4-20-37(31)44(41)39-21-5-7-24-42(39)48-45/h1-29H. The largest absolute Gasteiger partial charge is 0.247 e. The van der Waals surface area contributed by atoms with Crippen LogP contribution in [0.25, 0.3) is 99.2 Å². The smallest absolute Gasteiger partial charge is 0.160 e. The van der Waals surface area contributed by atoms with Gasteiger partial charge in [0, 0.05) is 38.2 Å². The van der Waals surface area contributed by atoms with Gasteiger partial charge in [-0.1, -0.05) is 152 Å². The van der Waals surface area contributed by atoms with Gasteiger partial charge in [-0.25, -0.2) is 15.0 Å². The first-order chi connectivity index (χ1) is 24.8. The zero-order valence-electron chi connectivity index (χ0n) is 27.1. The van der Waals surface area contributed by atoms with Gasteiger partial charge < -0.3 is 0 Å². The molecule has 8 aromatic carbocycles. The van der Waals surface area contributed by atoms with Crippen LogP contribution in [0.5, 0.6) is 0 Å². The molecule has 2 aromatic heterocycles. The summed E-state index contributed by atoms with van der Waals surface area (Å²) in [7, 11) is 0. The van der Waals surface area contributed by atoms with Crippen molar-refractivity contribution in [1.29, 1.82) is 0 Å². The zero-order valence-corrected chi connectivity index (χ0v) is 27.1. The molecule has 50 heavy (non-hydrogen) atoms. The lowest BCUT2D eigenvalue weighted by molar-refractivity contribution is 1.23. The maximum absolute atomic E-state index is 5.26. The van der Waals surface area contributed by atoms with Gasteiger partial charge >= 0.3 is 0 Å². The van der Waals surface area contributed by atoms with E-state index in [1.165, 1.54) is 32.3 Å². The van der Waals surface area contributed by atoms with Crippen LogP contribution < -0.4 is 0 Å². The Morgan fingerprint density at radius 3 is 1.66 bits per heavy atom. The van der Waals surface area contributed by atoms with Crippen molar-refractivity contribution < 1.29 is 0 Å². The summed E-state index contributed by atoms with van der Waals surface area (Å²) in [4.78, 5) is 15.6. The van der Waals surface area contributed by atoms with Crippen molar-refractivity contribution in [3.63, 3.8) is 0 Å². The molecule has 0 aliphatic carbocycles. The van der Waals surface area contributed by atoms with Gasteiger partial charge in [-0.15, -0.1) is 0 Å².